The number of benzene rings is 3. The first-order valence-corrected chi connectivity index (χ1v) is 11.0. The molecule has 0 saturated heterocycles. The molecule has 0 aliphatic heterocycles. The highest BCUT2D eigenvalue weighted by Crippen LogP contribution is 2.19. The molecule has 0 unspecified atom stereocenters. The third-order valence-electron chi connectivity index (χ3n) is 5.04. The van der Waals surface area contributed by atoms with Crippen LogP contribution in [0, 0.1) is 0 Å². The molecule has 0 bridgehead atoms. The van der Waals surface area contributed by atoms with Crippen LogP contribution in [0.15, 0.2) is 72.8 Å². The Morgan fingerprint density at radius 3 is 1.81 bits per heavy atom. The molecule has 0 heterocycles. The number of ether oxygens (including phenoxy) is 2. The zero-order valence-corrected chi connectivity index (χ0v) is 19.2. The van der Waals surface area contributed by atoms with E-state index in [1.807, 2.05) is 43.3 Å². The Morgan fingerprint density at radius 1 is 0.774 bits per heavy atom. The normalized spacial score (nSPS) is 10.4. The summed E-state index contributed by atoms with van der Waals surface area (Å²) >= 11 is 5.80. The first-order chi connectivity index (χ1) is 15.1. The number of methoxy groups -OCH3 is 1. The molecule has 4 nitrogen and oxygen atoms in total. The van der Waals surface area contributed by atoms with E-state index in [1.165, 1.54) is 16.7 Å². The molecule has 3 aromatic rings. The smallest absolute Gasteiger partial charge is 0.174 e. The van der Waals surface area contributed by atoms with Crippen molar-refractivity contribution < 1.29 is 9.47 Å². The highest BCUT2D eigenvalue weighted by atomic mass is 32.1. The van der Waals surface area contributed by atoms with Gasteiger partial charge in [0, 0.05) is 18.8 Å². The van der Waals surface area contributed by atoms with Gasteiger partial charge in [0.2, 0.25) is 0 Å². The number of nitrogens with zero attached hydrogens (tertiary/aromatic N) is 1. The Kier molecular flexibility index (Phi) is 8.30. The van der Waals surface area contributed by atoms with Crippen molar-refractivity contribution in [3.63, 3.8) is 0 Å². The Bertz CT molecular complexity index is 905. The zero-order valence-electron chi connectivity index (χ0n) is 18.4. The maximum absolute atomic E-state index is 5.80. The van der Waals surface area contributed by atoms with Gasteiger partial charge in [-0.3, -0.25) is 0 Å². The van der Waals surface area contributed by atoms with E-state index in [2.05, 4.69) is 53.5 Å². The summed E-state index contributed by atoms with van der Waals surface area (Å²) in [4.78, 5) is 2.18. The predicted octanol–water partition coefficient (Wildman–Crippen LogP) is 6.06. The first-order valence-electron chi connectivity index (χ1n) is 10.6. The number of hydrogen-bond donors (Lipinski definition) is 1. The Balaban J connectivity index is 1.75. The monoisotopic (exact) mass is 434 g/mol. The fraction of sp³-hybridized carbons (Fsp3) is 0.269. The topological polar surface area (TPSA) is 33.7 Å². The number of rotatable bonds is 9. The summed E-state index contributed by atoms with van der Waals surface area (Å²) < 4.78 is 10.8. The lowest BCUT2D eigenvalue weighted by Crippen LogP contribution is -2.33. The molecule has 0 atom stereocenters. The van der Waals surface area contributed by atoms with Crippen LogP contribution in [-0.2, 0) is 19.5 Å². The number of nitrogens with one attached hydrogen (secondary N) is 1. The van der Waals surface area contributed by atoms with Gasteiger partial charge in [0.05, 0.1) is 13.7 Å². The van der Waals surface area contributed by atoms with Crippen molar-refractivity contribution in [3.8, 4) is 11.5 Å². The van der Waals surface area contributed by atoms with Crippen molar-refractivity contribution in [1.82, 2.24) is 4.90 Å². The Labute approximate surface area is 190 Å². The maximum atomic E-state index is 5.80. The molecule has 0 amide bonds. The molecular weight excluding hydrogens is 404 g/mol. The lowest BCUT2D eigenvalue weighted by Gasteiger charge is -2.26. The summed E-state index contributed by atoms with van der Waals surface area (Å²) in [6.07, 6.45) is 1.04. The van der Waals surface area contributed by atoms with Gasteiger partial charge in [-0.1, -0.05) is 43.3 Å². The number of hydrogen-bond acceptors (Lipinski definition) is 3. The highest BCUT2D eigenvalue weighted by molar-refractivity contribution is 7.80. The van der Waals surface area contributed by atoms with Crippen LogP contribution in [0.3, 0.4) is 0 Å². The van der Waals surface area contributed by atoms with E-state index < -0.39 is 0 Å². The third kappa shape index (κ3) is 6.72. The fourth-order valence-corrected chi connectivity index (χ4v) is 3.50. The molecule has 0 aromatic heterocycles. The molecule has 0 fully saturated rings. The summed E-state index contributed by atoms with van der Waals surface area (Å²) in [6.45, 7) is 6.21. The quantitative estimate of drug-likeness (QED) is 0.414. The minimum Gasteiger partial charge on any atom is -0.497 e. The van der Waals surface area contributed by atoms with Crippen molar-refractivity contribution >= 4 is 23.0 Å². The molecule has 3 rings (SSSR count). The van der Waals surface area contributed by atoms with Gasteiger partial charge in [-0.25, -0.2) is 0 Å². The molecule has 3 aromatic carbocycles. The van der Waals surface area contributed by atoms with Crippen molar-refractivity contribution in [2.24, 2.45) is 0 Å². The van der Waals surface area contributed by atoms with E-state index in [4.69, 9.17) is 21.7 Å². The van der Waals surface area contributed by atoms with Crippen LogP contribution in [-0.4, -0.2) is 23.7 Å². The van der Waals surface area contributed by atoms with E-state index >= 15 is 0 Å². The molecule has 0 saturated carbocycles. The molecule has 0 radical (unpaired) electrons. The summed E-state index contributed by atoms with van der Waals surface area (Å²) in [5, 5.41) is 4.05. The maximum Gasteiger partial charge on any atom is 0.174 e. The van der Waals surface area contributed by atoms with Crippen molar-refractivity contribution in [2.75, 3.05) is 19.0 Å². The zero-order chi connectivity index (χ0) is 22.1. The van der Waals surface area contributed by atoms with Gasteiger partial charge in [0.15, 0.2) is 5.11 Å². The van der Waals surface area contributed by atoms with E-state index in [-0.39, 0.29) is 0 Å². The first kappa shape index (κ1) is 22.6. The highest BCUT2D eigenvalue weighted by Gasteiger charge is 2.12. The van der Waals surface area contributed by atoms with Gasteiger partial charge in [0.1, 0.15) is 11.5 Å². The Hall–Kier alpha value is -3.05. The summed E-state index contributed by atoms with van der Waals surface area (Å²) in [5.41, 5.74) is 4.67. The van der Waals surface area contributed by atoms with Gasteiger partial charge in [-0.2, -0.15) is 0 Å². The van der Waals surface area contributed by atoms with Crippen LogP contribution in [0.1, 0.15) is 30.5 Å². The van der Waals surface area contributed by atoms with Crippen LogP contribution < -0.4 is 14.8 Å². The van der Waals surface area contributed by atoms with Gasteiger partial charge < -0.3 is 19.7 Å². The fourth-order valence-electron chi connectivity index (χ4n) is 3.26. The molecule has 5 heteroatoms. The molecule has 162 valence electrons. The number of thiocarbonyl (C=S) groups is 1. The Morgan fingerprint density at radius 2 is 1.29 bits per heavy atom. The van der Waals surface area contributed by atoms with Crippen molar-refractivity contribution in [1.29, 1.82) is 0 Å². The van der Waals surface area contributed by atoms with E-state index in [0.29, 0.717) is 18.3 Å². The molecule has 0 aliphatic rings. The van der Waals surface area contributed by atoms with Crippen LogP contribution >= 0.6 is 12.2 Å². The summed E-state index contributed by atoms with van der Waals surface area (Å²) in [5.74, 6) is 1.70. The summed E-state index contributed by atoms with van der Waals surface area (Å²) in [7, 11) is 1.68. The molecule has 31 heavy (non-hydrogen) atoms. The minimum absolute atomic E-state index is 0.650. The van der Waals surface area contributed by atoms with Gasteiger partial charge in [-0.05, 0) is 78.7 Å². The van der Waals surface area contributed by atoms with Crippen LogP contribution in [0.5, 0.6) is 11.5 Å². The largest absolute Gasteiger partial charge is 0.497 e. The lowest BCUT2D eigenvalue weighted by molar-refractivity contribution is 0.340. The predicted molar refractivity (Wildman–Crippen MR) is 132 cm³/mol. The van der Waals surface area contributed by atoms with Gasteiger partial charge in [-0.15, -0.1) is 0 Å². The minimum atomic E-state index is 0.650. The van der Waals surface area contributed by atoms with Crippen LogP contribution in [0.2, 0.25) is 0 Å². The second-order valence-electron chi connectivity index (χ2n) is 7.26. The van der Waals surface area contributed by atoms with Crippen molar-refractivity contribution in [2.45, 2.75) is 33.4 Å². The molecule has 0 aliphatic carbocycles. The molecule has 1 N–H and O–H groups in total. The SMILES string of the molecule is CCOc1ccc(NC(=S)N(Cc2ccc(CC)cc2)Cc2ccc(OC)cc2)cc1. The second kappa shape index (κ2) is 11.4. The van der Waals surface area contributed by atoms with Gasteiger partial charge >= 0.3 is 0 Å². The molecular formula is C26H30N2O2S. The number of anilines is 1. The van der Waals surface area contributed by atoms with Gasteiger partial charge in [0.25, 0.3) is 0 Å². The van der Waals surface area contributed by atoms with Crippen molar-refractivity contribution in [3.05, 3.63) is 89.5 Å². The second-order valence-corrected chi connectivity index (χ2v) is 7.65. The number of aryl methyl sites for hydroxylation is 1. The van der Waals surface area contributed by atoms with Crippen LogP contribution in [0.25, 0.3) is 0 Å². The third-order valence-corrected chi connectivity index (χ3v) is 5.40. The average molecular weight is 435 g/mol. The average Bonchev–Trinajstić information content (AvgIpc) is 2.81. The van der Waals surface area contributed by atoms with E-state index in [1.54, 1.807) is 7.11 Å². The summed E-state index contributed by atoms with van der Waals surface area (Å²) in [6, 6.07) is 24.7. The van der Waals surface area contributed by atoms with E-state index in [9.17, 15) is 0 Å². The van der Waals surface area contributed by atoms with E-state index in [0.717, 1.165) is 30.2 Å². The van der Waals surface area contributed by atoms with Crippen LogP contribution in [0.4, 0.5) is 5.69 Å². The molecule has 0 spiro atoms. The lowest BCUT2D eigenvalue weighted by atomic mass is 10.1. The standard InChI is InChI=1S/C26H30N2O2S/c1-4-20-6-8-21(9-7-20)18-28(19-22-10-14-24(29-3)15-11-22)26(31)27-23-12-16-25(17-13-23)30-5-2/h6-17H,4-5,18-19H2,1-3H3,(H,27,31).